The predicted molar refractivity (Wildman–Crippen MR) is 141 cm³/mol. The summed E-state index contributed by atoms with van der Waals surface area (Å²) < 4.78 is 49.9. The maximum absolute atomic E-state index is 13.0. The van der Waals surface area contributed by atoms with Crippen LogP contribution in [0.2, 0.25) is 0 Å². The van der Waals surface area contributed by atoms with Crippen LogP contribution in [0.25, 0.3) is 22.5 Å². The van der Waals surface area contributed by atoms with Crippen LogP contribution < -0.4 is 5.32 Å². The van der Waals surface area contributed by atoms with Gasteiger partial charge in [0.2, 0.25) is 0 Å². The van der Waals surface area contributed by atoms with Crippen LogP contribution in [-0.2, 0) is 21.1 Å². The van der Waals surface area contributed by atoms with Crippen LogP contribution >= 0.6 is 0 Å². The number of carboxylic acids is 1. The summed E-state index contributed by atoms with van der Waals surface area (Å²) in [6.45, 7) is 3.12. The van der Waals surface area contributed by atoms with Gasteiger partial charge < -0.3 is 14.4 Å². The van der Waals surface area contributed by atoms with Gasteiger partial charge in [-0.15, -0.1) is 0 Å². The number of ether oxygens (including phenoxy) is 1. The Kier molecular flexibility index (Phi) is 6.87. The number of alkyl halides is 3. The van der Waals surface area contributed by atoms with E-state index in [0.29, 0.717) is 29.9 Å². The lowest BCUT2D eigenvalue weighted by molar-refractivity contribution is -0.140. The number of carbonyl (C=O) groups excluding carboxylic acids is 1. The molecule has 10 heteroatoms. The molecule has 0 aliphatic heterocycles. The Balaban J connectivity index is 1.29. The molecule has 1 atom stereocenters. The van der Waals surface area contributed by atoms with Crippen molar-refractivity contribution in [1.29, 1.82) is 0 Å². The van der Waals surface area contributed by atoms with E-state index >= 15 is 0 Å². The number of rotatable bonds is 7. The molecule has 0 radical (unpaired) electrons. The number of nitrogens with one attached hydrogen (secondary N) is 1. The summed E-state index contributed by atoms with van der Waals surface area (Å²) in [7, 11) is 0. The molecular weight excluding hydrogens is 525 g/mol. The molecule has 0 unspecified atom stereocenters. The maximum atomic E-state index is 13.0. The van der Waals surface area contributed by atoms with Crippen molar-refractivity contribution >= 4 is 17.7 Å². The maximum Gasteiger partial charge on any atom is 0.416 e. The van der Waals surface area contributed by atoms with Crippen LogP contribution in [0.15, 0.2) is 77.3 Å². The van der Waals surface area contributed by atoms with Gasteiger partial charge in [0, 0.05) is 5.56 Å². The quantitative estimate of drug-likeness (QED) is 0.244. The first-order chi connectivity index (χ1) is 19.0. The van der Waals surface area contributed by atoms with E-state index in [0.717, 1.165) is 28.8 Å². The third kappa shape index (κ3) is 5.29. The van der Waals surface area contributed by atoms with Crippen LogP contribution in [0.4, 0.5) is 23.7 Å². The van der Waals surface area contributed by atoms with E-state index in [1.807, 2.05) is 36.4 Å². The number of nitrogens with zero attached hydrogens (tertiary/aromatic N) is 1. The molecule has 1 aromatic heterocycles. The average molecular weight is 551 g/mol. The molecule has 1 saturated carbocycles. The Morgan fingerprint density at radius 3 is 2.17 bits per heavy atom. The first-order valence-corrected chi connectivity index (χ1v) is 12.5. The van der Waals surface area contributed by atoms with Crippen molar-refractivity contribution in [3.05, 3.63) is 95.2 Å². The van der Waals surface area contributed by atoms with Gasteiger partial charge in [-0.05, 0) is 61.1 Å². The number of aliphatic carboxylic acids is 1. The van der Waals surface area contributed by atoms with Crippen molar-refractivity contribution in [2.75, 3.05) is 5.32 Å². The molecule has 7 nitrogen and oxygen atoms in total. The Labute approximate surface area is 227 Å². The van der Waals surface area contributed by atoms with E-state index in [-0.39, 0.29) is 11.3 Å². The third-order valence-electron chi connectivity index (χ3n) is 7.13. The third-order valence-corrected chi connectivity index (χ3v) is 7.13. The van der Waals surface area contributed by atoms with Gasteiger partial charge in [0.05, 0.1) is 11.0 Å². The van der Waals surface area contributed by atoms with E-state index in [1.54, 1.807) is 19.1 Å². The first-order valence-electron chi connectivity index (χ1n) is 12.5. The van der Waals surface area contributed by atoms with Gasteiger partial charge >= 0.3 is 18.2 Å². The summed E-state index contributed by atoms with van der Waals surface area (Å²) in [6, 6.07) is 19.4. The number of aromatic nitrogens is 1. The number of hydrogen-bond donors (Lipinski definition) is 2. The molecule has 0 saturated heterocycles. The van der Waals surface area contributed by atoms with Gasteiger partial charge in [-0.3, -0.25) is 10.1 Å². The number of carbonyl (C=O) groups is 2. The molecule has 40 heavy (non-hydrogen) atoms. The van der Waals surface area contributed by atoms with Crippen molar-refractivity contribution in [3.63, 3.8) is 0 Å². The molecule has 3 aromatic carbocycles. The molecule has 5 rings (SSSR count). The lowest BCUT2D eigenvalue weighted by Gasteiger charge is -2.16. The zero-order valence-corrected chi connectivity index (χ0v) is 21.6. The highest BCUT2D eigenvalue weighted by Gasteiger charge is 2.51. The molecule has 2 N–H and O–H groups in total. The standard InChI is InChI=1S/C30H25F3N2O5/c1-17-25(34-28(38)39-18(2)22-4-3-5-24(16-22)30(31,32)33)26(40-35-17)21-8-6-19(7-9-21)20-10-12-23(13-11-20)29(14-15-29)27(36)37/h3-13,16,18H,14-15H2,1-2H3,(H,34,38)(H,36,37)/t18-/m1/s1. The lowest BCUT2D eigenvalue weighted by atomic mass is 9.93. The van der Waals surface area contributed by atoms with Crippen LogP contribution in [0.1, 0.15) is 48.3 Å². The number of benzene rings is 3. The van der Waals surface area contributed by atoms with Crippen molar-refractivity contribution in [2.24, 2.45) is 0 Å². The Hall–Kier alpha value is -4.60. The van der Waals surface area contributed by atoms with E-state index in [1.165, 1.54) is 19.1 Å². The molecule has 1 amide bonds. The summed E-state index contributed by atoms with van der Waals surface area (Å²) in [5.74, 6) is -0.509. The largest absolute Gasteiger partial charge is 0.481 e. The van der Waals surface area contributed by atoms with Crippen LogP contribution in [0, 0.1) is 6.92 Å². The second-order valence-corrected chi connectivity index (χ2v) is 9.81. The zero-order chi connectivity index (χ0) is 28.7. The SMILES string of the molecule is Cc1noc(-c2ccc(-c3ccc(C4(C(=O)O)CC4)cc3)cc2)c1NC(=O)O[C@H](C)c1cccc(C(F)(F)F)c1. The van der Waals surface area contributed by atoms with E-state index in [9.17, 15) is 27.9 Å². The highest BCUT2D eigenvalue weighted by Crippen LogP contribution is 2.48. The van der Waals surface area contributed by atoms with Crippen molar-refractivity contribution in [1.82, 2.24) is 5.16 Å². The number of carboxylic acid groups (broad SMARTS) is 1. The van der Waals surface area contributed by atoms with Crippen LogP contribution in [0.5, 0.6) is 0 Å². The smallest absolute Gasteiger partial charge is 0.416 e. The van der Waals surface area contributed by atoms with E-state index in [4.69, 9.17) is 9.26 Å². The minimum absolute atomic E-state index is 0.200. The van der Waals surface area contributed by atoms with Gasteiger partial charge in [0.1, 0.15) is 17.5 Å². The molecule has 1 fully saturated rings. The topological polar surface area (TPSA) is 102 Å². The number of halogens is 3. The highest BCUT2D eigenvalue weighted by molar-refractivity contribution is 5.91. The minimum Gasteiger partial charge on any atom is -0.481 e. The summed E-state index contributed by atoms with van der Waals surface area (Å²) in [5.41, 5.74) is 2.52. The zero-order valence-electron chi connectivity index (χ0n) is 21.6. The molecule has 4 aromatic rings. The normalized spacial score (nSPS) is 14.8. The van der Waals surface area contributed by atoms with E-state index in [2.05, 4.69) is 10.5 Å². The van der Waals surface area contributed by atoms with E-state index < -0.39 is 35.3 Å². The monoisotopic (exact) mass is 550 g/mol. The van der Waals surface area contributed by atoms with Crippen LogP contribution in [-0.4, -0.2) is 22.3 Å². The number of anilines is 1. The van der Waals surface area contributed by atoms with Gasteiger partial charge in [-0.1, -0.05) is 65.8 Å². The highest BCUT2D eigenvalue weighted by atomic mass is 19.4. The molecule has 1 aliphatic carbocycles. The van der Waals surface area contributed by atoms with Crippen molar-refractivity contribution < 1.29 is 37.1 Å². The lowest BCUT2D eigenvalue weighted by Crippen LogP contribution is -2.19. The molecule has 1 aliphatic rings. The summed E-state index contributed by atoms with van der Waals surface area (Å²) in [4.78, 5) is 24.2. The fourth-order valence-corrected chi connectivity index (χ4v) is 4.59. The molecule has 1 heterocycles. The molecule has 0 bridgehead atoms. The number of hydrogen-bond acceptors (Lipinski definition) is 5. The van der Waals surface area contributed by atoms with Gasteiger partial charge in [-0.25, -0.2) is 4.79 Å². The van der Waals surface area contributed by atoms with Gasteiger partial charge in [0.15, 0.2) is 5.76 Å². The predicted octanol–water partition coefficient (Wildman–Crippen LogP) is 7.76. The Bertz CT molecular complexity index is 1560. The Morgan fingerprint density at radius 1 is 1.00 bits per heavy atom. The molecule has 206 valence electrons. The molecular formula is C30H25F3N2O5. The Morgan fingerprint density at radius 2 is 1.60 bits per heavy atom. The molecule has 0 spiro atoms. The fraction of sp³-hybridized carbons (Fsp3) is 0.233. The second kappa shape index (κ2) is 10.2. The second-order valence-electron chi connectivity index (χ2n) is 9.81. The average Bonchev–Trinajstić information content (AvgIpc) is 3.68. The summed E-state index contributed by atoms with van der Waals surface area (Å²) in [6.07, 6.45) is -5.04. The van der Waals surface area contributed by atoms with Crippen molar-refractivity contribution in [3.8, 4) is 22.5 Å². The minimum atomic E-state index is -4.51. The fourth-order valence-electron chi connectivity index (χ4n) is 4.59. The van der Waals surface area contributed by atoms with Gasteiger partial charge in [0.25, 0.3) is 0 Å². The van der Waals surface area contributed by atoms with Gasteiger partial charge in [-0.2, -0.15) is 13.2 Å². The first kappa shape index (κ1) is 27.0. The summed E-state index contributed by atoms with van der Waals surface area (Å²) >= 11 is 0. The van der Waals surface area contributed by atoms with Crippen molar-refractivity contribution in [2.45, 2.75) is 44.4 Å². The van der Waals surface area contributed by atoms with Crippen LogP contribution in [0.3, 0.4) is 0 Å². The summed E-state index contributed by atoms with van der Waals surface area (Å²) in [5, 5.41) is 16.0. The number of amides is 1. The number of aryl methyl sites for hydroxylation is 1.